The molecule has 32 heavy (non-hydrogen) atoms. The van der Waals surface area contributed by atoms with Crippen molar-refractivity contribution < 1.29 is 10.2 Å². The summed E-state index contributed by atoms with van der Waals surface area (Å²) in [4.78, 5) is 4.64. The Bertz CT molecular complexity index is 640. The number of nitrogens with zero attached hydrogens (tertiary/aromatic N) is 2. The van der Waals surface area contributed by atoms with Crippen LogP contribution in [0.1, 0.15) is 36.8 Å². The van der Waals surface area contributed by atoms with E-state index >= 15 is 0 Å². The molecule has 0 radical (unpaired) electrons. The van der Waals surface area contributed by atoms with E-state index in [0.29, 0.717) is 39.0 Å². The molecule has 0 saturated carbocycles. The minimum absolute atomic E-state index is 0.398. The molecule has 0 unspecified atom stereocenters. The predicted molar refractivity (Wildman–Crippen MR) is 132 cm³/mol. The summed E-state index contributed by atoms with van der Waals surface area (Å²) in [6.07, 6.45) is 2.50. The molecule has 0 heterocycles. The summed E-state index contributed by atoms with van der Waals surface area (Å²) in [7, 11) is 0. The summed E-state index contributed by atoms with van der Waals surface area (Å²) >= 11 is 0. The smallest absolute Gasteiger partial charge is 0.0679 e. The number of unbranched alkanes of at least 4 members (excludes halogenated alkanes) is 1. The standard InChI is InChI=1S/C26H42N4O2/c27-15-13-25(31)21-29(19-23-9-3-1-4-10-23)17-7-8-18-30(22-26(32)14-16-28)20-24-11-5-2-6-12-24/h1-6,9-12,25-26,31-32H,7-8,13-22,27-28H2/t25-,26-/m0/s1. The highest BCUT2D eigenvalue weighted by atomic mass is 16.3. The van der Waals surface area contributed by atoms with E-state index in [9.17, 15) is 10.2 Å². The lowest BCUT2D eigenvalue weighted by Crippen LogP contribution is -2.35. The quantitative estimate of drug-likeness (QED) is 0.280. The van der Waals surface area contributed by atoms with Gasteiger partial charge in [-0.2, -0.15) is 0 Å². The Morgan fingerprint density at radius 3 is 1.34 bits per heavy atom. The lowest BCUT2D eigenvalue weighted by Gasteiger charge is -2.27. The fourth-order valence-corrected chi connectivity index (χ4v) is 3.99. The van der Waals surface area contributed by atoms with Gasteiger partial charge in [0.2, 0.25) is 0 Å². The molecular weight excluding hydrogens is 400 g/mol. The first-order valence-corrected chi connectivity index (χ1v) is 11.9. The number of hydrogen-bond donors (Lipinski definition) is 4. The summed E-state index contributed by atoms with van der Waals surface area (Å²) in [5.41, 5.74) is 13.8. The molecule has 0 spiro atoms. The van der Waals surface area contributed by atoms with Crippen LogP contribution in [0.25, 0.3) is 0 Å². The van der Waals surface area contributed by atoms with E-state index in [2.05, 4.69) is 58.3 Å². The molecule has 6 N–H and O–H groups in total. The zero-order chi connectivity index (χ0) is 23.0. The molecular formula is C26H42N4O2. The van der Waals surface area contributed by atoms with Gasteiger partial charge < -0.3 is 21.7 Å². The molecule has 2 atom stereocenters. The van der Waals surface area contributed by atoms with Gasteiger partial charge in [-0.15, -0.1) is 0 Å². The van der Waals surface area contributed by atoms with Gasteiger partial charge in [-0.25, -0.2) is 0 Å². The van der Waals surface area contributed by atoms with E-state index in [1.807, 2.05) is 12.1 Å². The van der Waals surface area contributed by atoms with Crippen LogP contribution in [0.15, 0.2) is 60.7 Å². The molecule has 0 bridgehead atoms. The van der Waals surface area contributed by atoms with Gasteiger partial charge in [-0.05, 0) is 63.0 Å². The van der Waals surface area contributed by atoms with Gasteiger partial charge in [-0.3, -0.25) is 9.80 Å². The molecule has 2 rings (SSSR count). The Balaban J connectivity index is 1.87. The summed E-state index contributed by atoms with van der Waals surface area (Å²) in [6.45, 7) is 5.75. The average molecular weight is 443 g/mol. The number of aliphatic hydroxyl groups excluding tert-OH is 2. The topological polar surface area (TPSA) is 99.0 Å². The number of nitrogens with two attached hydrogens (primary N) is 2. The van der Waals surface area contributed by atoms with E-state index in [4.69, 9.17) is 11.5 Å². The number of aliphatic hydroxyl groups is 2. The highest BCUT2D eigenvalue weighted by Crippen LogP contribution is 2.11. The first kappa shape index (κ1) is 26.5. The Morgan fingerprint density at radius 2 is 1.00 bits per heavy atom. The van der Waals surface area contributed by atoms with Crippen LogP contribution in [0.5, 0.6) is 0 Å². The summed E-state index contributed by atoms with van der Waals surface area (Å²) in [5, 5.41) is 20.6. The molecule has 2 aromatic rings. The van der Waals surface area contributed by atoms with Crippen LogP contribution in [-0.4, -0.2) is 71.5 Å². The van der Waals surface area contributed by atoms with Crippen LogP contribution in [0.4, 0.5) is 0 Å². The highest BCUT2D eigenvalue weighted by molar-refractivity contribution is 5.15. The maximum absolute atomic E-state index is 10.3. The van der Waals surface area contributed by atoms with Crippen LogP contribution < -0.4 is 11.5 Å². The molecule has 0 saturated heterocycles. The van der Waals surface area contributed by atoms with Gasteiger partial charge in [0.25, 0.3) is 0 Å². The van der Waals surface area contributed by atoms with E-state index in [1.165, 1.54) is 11.1 Å². The fourth-order valence-electron chi connectivity index (χ4n) is 3.99. The van der Waals surface area contributed by atoms with Crippen molar-refractivity contribution in [2.24, 2.45) is 11.5 Å². The van der Waals surface area contributed by atoms with Gasteiger partial charge >= 0.3 is 0 Å². The van der Waals surface area contributed by atoms with Gasteiger partial charge in [0, 0.05) is 26.2 Å². The number of benzene rings is 2. The second-order valence-corrected chi connectivity index (χ2v) is 8.61. The lowest BCUT2D eigenvalue weighted by atomic mass is 10.1. The Kier molecular flexibility index (Phi) is 13.2. The first-order chi connectivity index (χ1) is 15.6. The van der Waals surface area contributed by atoms with Crippen molar-refractivity contribution in [2.45, 2.75) is 51.0 Å². The summed E-state index contributed by atoms with van der Waals surface area (Å²) in [6, 6.07) is 20.8. The Morgan fingerprint density at radius 1 is 0.625 bits per heavy atom. The van der Waals surface area contributed by atoms with Gasteiger partial charge in [0.15, 0.2) is 0 Å². The summed E-state index contributed by atoms with van der Waals surface area (Å²) in [5.74, 6) is 0. The van der Waals surface area contributed by atoms with Crippen molar-refractivity contribution in [2.75, 3.05) is 39.3 Å². The van der Waals surface area contributed by atoms with Crippen molar-refractivity contribution >= 4 is 0 Å². The largest absolute Gasteiger partial charge is 0.392 e. The van der Waals surface area contributed by atoms with Crippen molar-refractivity contribution in [3.63, 3.8) is 0 Å². The third-order valence-electron chi connectivity index (χ3n) is 5.63. The van der Waals surface area contributed by atoms with Crippen LogP contribution >= 0.6 is 0 Å². The molecule has 0 fully saturated rings. The molecule has 178 valence electrons. The monoisotopic (exact) mass is 442 g/mol. The van der Waals surface area contributed by atoms with E-state index in [1.54, 1.807) is 0 Å². The van der Waals surface area contributed by atoms with Crippen LogP contribution in [0.3, 0.4) is 0 Å². The van der Waals surface area contributed by atoms with Gasteiger partial charge in [0.05, 0.1) is 12.2 Å². The summed E-state index contributed by atoms with van der Waals surface area (Å²) < 4.78 is 0. The average Bonchev–Trinajstić information content (AvgIpc) is 2.78. The molecule has 0 aliphatic carbocycles. The second-order valence-electron chi connectivity index (χ2n) is 8.61. The van der Waals surface area contributed by atoms with E-state index < -0.39 is 12.2 Å². The SMILES string of the molecule is NCC[C@H](O)CN(CCCCN(Cc1ccccc1)C[C@@H](O)CCN)Cc1ccccc1. The maximum Gasteiger partial charge on any atom is 0.0679 e. The maximum atomic E-state index is 10.3. The van der Waals surface area contributed by atoms with Crippen molar-refractivity contribution in [3.8, 4) is 0 Å². The molecule has 0 aliphatic rings. The lowest BCUT2D eigenvalue weighted by molar-refractivity contribution is 0.0942. The highest BCUT2D eigenvalue weighted by Gasteiger charge is 2.14. The third kappa shape index (κ3) is 11.2. The van der Waals surface area contributed by atoms with Crippen LogP contribution in [0, 0.1) is 0 Å². The minimum Gasteiger partial charge on any atom is -0.392 e. The van der Waals surface area contributed by atoms with Gasteiger partial charge in [0.1, 0.15) is 0 Å². The van der Waals surface area contributed by atoms with Crippen LogP contribution in [-0.2, 0) is 13.1 Å². The van der Waals surface area contributed by atoms with Crippen molar-refractivity contribution in [3.05, 3.63) is 71.8 Å². The normalized spacial score (nSPS) is 13.6. The predicted octanol–water partition coefficient (Wildman–Crippen LogP) is 2.19. The zero-order valence-electron chi connectivity index (χ0n) is 19.4. The van der Waals surface area contributed by atoms with Crippen LogP contribution in [0.2, 0.25) is 0 Å². The fraction of sp³-hybridized carbons (Fsp3) is 0.538. The Hall–Kier alpha value is -1.80. The molecule has 0 aromatic heterocycles. The molecule has 6 heteroatoms. The van der Waals surface area contributed by atoms with Crippen molar-refractivity contribution in [1.29, 1.82) is 0 Å². The minimum atomic E-state index is -0.398. The zero-order valence-corrected chi connectivity index (χ0v) is 19.4. The number of hydrogen-bond acceptors (Lipinski definition) is 6. The van der Waals surface area contributed by atoms with E-state index in [0.717, 1.165) is 39.0 Å². The number of rotatable bonds is 17. The van der Waals surface area contributed by atoms with Crippen molar-refractivity contribution in [1.82, 2.24) is 9.80 Å². The molecule has 0 amide bonds. The second kappa shape index (κ2) is 15.9. The first-order valence-electron chi connectivity index (χ1n) is 11.9. The molecule has 0 aliphatic heterocycles. The third-order valence-corrected chi connectivity index (χ3v) is 5.63. The Labute approximate surface area is 193 Å². The van der Waals surface area contributed by atoms with Gasteiger partial charge in [-0.1, -0.05) is 60.7 Å². The van der Waals surface area contributed by atoms with E-state index in [-0.39, 0.29) is 0 Å². The molecule has 2 aromatic carbocycles. The molecule has 6 nitrogen and oxygen atoms in total.